The minimum atomic E-state index is -1.16. The van der Waals surface area contributed by atoms with E-state index in [1.54, 1.807) is 13.8 Å². The summed E-state index contributed by atoms with van der Waals surface area (Å²) in [5.74, 6) is -0.301. The molecule has 0 spiro atoms. The highest BCUT2D eigenvalue weighted by Crippen LogP contribution is 2.32. The van der Waals surface area contributed by atoms with Crippen LogP contribution in [0.15, 0.2) is 0 Å². The quantitative estimate of drug-likeness (QED) is 0.464. The molecule has 0 radical (unpaired) electrons. The van der Waals surface area contributed by atoms with Gasteiger partial charge in [-0.2, -0.15) is 0 Å². The molecule has 1 fully saturated rings. The Morgan fingerprint density at radius 2 is 2.00 bits per heavy atom. The highest BCUT2D eigenvalue weighted by molar-refractivity contribution is 5.91. The molecule has 1 aliphatic rings. The second kappa shape index (κ2) is 1.54. The summed E-state index contributed by atoms with van der Waals surface area (Å²) in [4.78, 5) is 10.4. The first-order chi connectivity index (χ1) is 3.64. The van der Waals surface area contributed by atoms with E-state index < -0.39 is 6.17 Å². The Kier molecular flexibility index (Phi) is 1.10. The Morgan fingerprint density at radius 3 is 2.12 bits per heavy atom. The lowest BCUT2D eigenvalue weighted by Crippen LogP contribution is -2.46. The lowest BCUT2D eigenvalue weighted by atomic mass is 9.73. The second-order valence-electron chi connectivity index (χ2n) is 2.45. The average molecular weight is 116 g/mol. The fourth-order valence-electron chi connectivity index (χ4n) is 0.904. The predicted molar refractivity (Wildman–Crippen MR) is 28.2 cm³/mol. The summed E-state index contributed by atoms with van der Waals surface area (Å²) >= 11 is 0. The summed E-state index contributed by atoms with van der Waals surface area (Å²) in [7, 11) is 0. The van der Waals surface area contributed by atoms with Gasteiger partial charge in [-0.05, 0) is 0 Å². The number of rotatable bonds is 0. The van der Waals surface area contributed by atoms with E-state index >= 15 is 0 Å². The lowest BCUT2D eigenvalue weighted by molar-refractivity contribution is -0.142. The number of hydrogen-bond donors (Lipinski definition) is 0. The number of hydrogen-bond acceptors (Lipinski definition) is 1. The Morgan fingerprint density at radius 1 is 1.50 bits per heavy atom. The molecule has 0 N–H and O–H groups in total. The van der Waals surface area contributed by atoms with E-state index in [2.05, 4.69) is 0 Å². The molecule has 0 aromatic carbocycles. The zero-order valence-corrected chi connectivity index (χ0v) is 5.02. The molecule has 46 valence electrons. The maximum atomic E-state index is 12.2. The molecule has 2 heteroatoms. The Hall–Kier alpha value is -0.400. The molecule has 1 nitrogen and oxygen atoms in total. The van der Waals surface area contributed by atoms with Gasteiger partial charge in [0.25, 0.3) is 0 Å². The Bertz CT molecular complexity index is 110. The lowest BCUT2D eigenvalue weighted by Gasteiger charge is -2.32. The molecule has 0 amide bonds. The SMILES string of the molecule is C[C@H]1[C@H](F)C(=O)[C@@H]1C. The van der Waals surface area contributed by atoms with E-state index in [4.69, 9.17) is 0 Å². The molecule has 8 heavy (non-hydrogen) atoms. The van der Waals surface area contributed by atoms with Crippen LogP contribution in [0, 0.1) is 11.8 Å². The fraction of sp³-hybridized carbons (Fsp3) is 0.833. The van der Waals surface area contributed by atoms with Gasteiger partial charge < -0.3 is 0 Å². The molecule has 0 bridgehead atoms. The van der Waals surface area contributed by atoms with Crippen LogP contribution in [0.1, 0.15) is 13.8 Å². The average Bonchev–Trinajstić information content (AvgIpc) is 1.83. The number of ketones is 1. The van der Waals surface area contributed by atoms with Crippen LogP contribution < -0.4 is 0 Å². The summed E-state index contributed by atoms with van der Waals surface area (Å²) in [6.45, 7) is 3.53. The van der Waals surface area contributed by atoms with Gasteiger partial charge in [0.15, 0.2) is 12.0 Å². The third-order valence-electron chi connectivity index (χ3n) is 1.97. The van der Waals surface area contributed by atoms with Gasteiger partial charge in [0.1, 0.15) is 0 Å². The number of carbonyl (C=O) groups excluding carboxylic acids is 1. The fourth-order valence-corrected chi connectivity index (χ4v) is 0.904. The molecule has 1 rings (SSSR count). The van der Waals surface area contributed by atoms with E-state index in [1.165, 1.54) is 0 Å². The van der Waals surface area contributed by atoms with E-state index in [1.807, 2.05) is 0 Å². The van der Waals surface area contributed by atoms with Gasteiger partial charge in [-0.15, -0.1) is 0 Å². The minimum Gasteiger partial charge on any atom is -0.296 e. The number of carbonyl (C=O) groups is 1. The third kappa shape index (κ3) is 0.487. The topological polar surface area (TPSA) is 17.1 Å². The van der Waals surface area contributed by atoms with Crippen LogP contribution in [0.3, 0.4) is 0 Å². The Labute approximate surface area is 47.9 Å². The highest BCUT2D eigenvalue weighted by atomic mass is 19.1. The first kappa shape index (κ1) is 5.73. The van der Waals surface area contributed by atoms with Crippen LogP contribution in [-0.4, -0.2) is 12.0 Å². The first-order valence-electron chi connectivity index (χ1n) is 2.82. The normalized spacial score (nSPS) is 46.4. The van der Waals surface area contributed by atoms with Crippen molar-refractivity contribution >= 4 is 5.78 Å². The van der Waals surface area contributed by atoms with Crippen LogP contribution in [0.25, 0.3) is 0 Å². The van der Waals surface area contributed by atoms with Crippen LogP contribution in [-0.2, 0) is 4.79 Å². The molecule has 0 unspecified atom stereocenters. The van der Waals surface area contributed by atoms with Gasteiger partial charge in [-0.25, -0.2) is 4.39 Å². The van der Waals surface area contributed by atoms with Crippen molar-refractivity contribution in [3.8, 4) is 0 Å². The molecular formula is C6H9FO. The van der Waals surface area contributed by atoms with E-state index in [-0.39, 0.29) is 17.6 Å². The van der Waals surface area contributed by atoms with Crippen molar-refractivity contribution in [3.05, 3.63) is 0 Å². The van der Waals surface area contributed by atoms with E-state index in [0.29, 0.717) is 0 Å². The molecule has 0 aromatic heterocycles. The van der Waals surface area contributed by atoms with Crippen molar-refractivity contribution in [1.82, 2.24) is 0 Å². The van der Waals surface area contributed by atoms with Gasteiger partial charge in [0.05, 0.1) is 0 Å². The van der Waals surface area contributed by atoms with E-state index in [0.717, 1.165) is 0 Å². The number of halogens is 1. The van der Waals surface area contributed by atoms with Crippen molar-refractivity contribution in [1.29, 1.82) is 0 Å². The summed E-state index contributed by atoms with van der Waals surface area (Å²) in [5, 5.41) is 0. The van der Waals surface area contributed by atoms with Gasteiger partial charge in [0, 0.05) is 11.8 Å². The predicted octanol–water partition coefficient (Wildman–Crippen LogP) is 1.18. The highest BCUT2D eigenvalue weighted by Gasteiger charge is 2.43. The summed E-state index contributed by atoms with van der Waals surface area (Å²) in [6, 6.07) is 0. The van der Waals surface area contributed by atoms with Gasteiger partial charge >= 0.3 is 0 Å². The molecule has 1 aliphatic carbocycles. The number of alkyl halides is 1. The Balaban J connectivity index is 2.55. The molecular weight excluding hydrogens is 107 g/mol. The summed E-state index contributed by atoms with van der Waals surface area (Å²) in [5.41, 5.74) is 0. The van der Waals surface area contributed by atoms with Gasteiger partial charge in [-0.3, -0.25) is 4.79 Å². The maximum Gasteiger partial charge on any atom is 0.170 e. The van der Waals surface area contributed by atoms with Gasteiger partial charge in [-0.1, -0.05) is 13.8 Å². The van der Waals surface area contributed by atoms with Crippen molar-refractivity contribution < 1.29 is 9.18 Å². The first-order valence-corrected chi connectivity index (χ1v) is 2.82. The van der Waals surface area contributed by atoms with Crippen LogP contribution in [0.4, 0.5) is 4.39 Å². The molecule has 0 aliphatic heterocycles. The third-order valence-corrected chi connectivity index (χ3v) is 1.97. The van der Waals surface area contributed by atoms with Crippen LogP contribution >= 0.6 is 0 Å². The standard InChI is InChI=1S/C6H9FO/c1-3-4(2)6(8)5(3)7/h3-5H,1-2H3/t3-,4-,5+/m1/s1. The van der Waals surface area contributed by atoms with Gasteiger partial charge in [0.2, 0.25) is 0 Å². The largest absolute Gasteiger partial charge is 0.296 e. The van der Waals surface area contributed by atoms with E-state index in [9.17, 15) is 9.18 Å². The van der Waals surface area contributed by atoms with Crippen LogP contribution in [0.2, 0.25) is 0 Å². The molecule has 0 aromatic rings. The smallest absolute Gasteiger partial charge is 0.170 e. The molecule has 3 atom stereocenters. The summed E-state index contributed by atoms with van der Waals surface area (Å²) in [6.07, 6.45) is -1.16. The summed E-state index contributed by atoms with van der Waals surface area (Å²) < 4.78 is 12.2. The minimum absolute atomic E-state index is 0.0370. The molecule has 0 saturated heterocycles. The monoisotopic (exact) mass is 116 g/mol. The van der Waals surface area contributed by atoms with Crippen molar-refractivity contribution in [3.63, 3.8) is 0 Å². The van der Waals surface area contributed by atoms with Crippen molar-refractivity contribution in [2.45, 2.75) is 20.0 Å². The maximum absolute atomic E-state index is 12.2. The molecule has 0 heterocycles. The van der Waals surface area contributed by atoms with Crippen LogP contribution in [0.5, 0.6) is 0 Å². The second-order valence-corrected chi connectivity index (χ2v) is 2.45. The van der Waals surface area contributed by atoms with Crippen molar-refractivity contribution in [2.75, 3.05) is 0 Å². The zero-order valence-electron chi connectivity index (χ0n) is 5.02. The van der Waals surface area contributed by atoms with Crippen molar-refractivity contribution in [2.24, 2.45) is 11.8 Å². The number of Topliss-reactive ketones (excluding diaryl/α,β-unsaturated/α-hetero) is 1. The molecule has 1 saturated carbocycles. The zero-order chi connectivity index (χ0) is 6.31.